The summed E-state index contributed by atoms with van der Waals surface area (Å²) < 4.78 is 16.0. The third kappa shape index (κ3) is 3.17. The Labute approximate surface area is 159 Å². The number of amides is 1. The first kappa shape index (κ1) is 17.2. The maximum atomic E-state index is 13.9. The third-order valence-corrected chi connectivity index (χ3v) is 5.64. The minimum atomic E-state index is -0.550. The van der Waals surface area contributed by atoms with Crippen LogP contribution >= 0.6 is 22.7 Å². The van der Waals surface area contributed by atoms with Gasteiger partial charge in [-0.15, -0.1) is 0 Å². The molecule has 11 heteroatoms. The molecule has 4 rings (SSSR count). The van der Waals surface area contributed by atoms with Crippen LogP contribution in [0.25, 0.3) is 15.3 Å². The number of anilines is 1. The zero-order chi connectivity index (χ0) is 19.1. The number of carbonyl (C=O) groups is 1. The van der Waals surface area contributed by atoms with Gasteiger partial charge in [-0.3, -0.25) is 14.9 Å². The van der Waals surface area contributed by atoms with Crippen molar-refractivity contribution in [3.63, 3.8) is 0 Å². The highest BCUT2D eigenvalue weighted by molar-refractivity contribution is 7.20. The molecule has 3 aromatic heterocycles. The van der Waals surface area contributed by atoms with Crippen LogP contribution < -0.4 is 5.32 Å². The summed E-state index contributed by atoms with van der Waals surface area (Å²) in [6, 6.07) is 8.98. The lowest BCUT2D eigenvalue weighted by atomic mass is 10.3. The Hall–Kier alpha value is -3.18. The summed E-state index contributed by atoms with van der Waals surface area (Å²) in [6.07, 6.45) is 0. The summed E-state index contributed by atoms with van der Waals surface area (Å²) >= 11 is 2.01. The van der Waals surface area contributed by atoms with Crippen LogP contribution in [0, 0.1) is 22.9 Å². The number of thiophene rings is 1. The van der Waals surface area contributed by atoms with Crippen molar-refractivity contribution < 1.29 is 14.1 Å². The monoisotopic (exact) mass is 403 g/mol. The van der Waals surface area contributed by atoms with Crippen molar-refractivity contribution in [2.24, 2.45) is 0 Å². The van der Waals surface area contributed by atoms with Gasteiger partial charge in [-0.1, -0.05) is 28.7 Å². The number of rotatable bonds is 4. The van der Waals surface area contributed by atoms with E-state index < -0.39 is 16.6 Å². The van der Waals surface area contributed by atoms with E-state index in [1.165, 1.54) is 34.2 Å². The second-order valence-corrected chi connectivity index (χ2v) is 7.59. The molecular formula is C16H10FN5O3S2. The van der Waals surface area contributed by atoms with Crippen LogP contribution in [0.4, 0.5) is 15.2 Å². The molecule has 3 heterocycles. The van der Waals surface area contributed by atoms with Gasteiger partial charge >= 0.3 is 5.00 Å². The number of fused-ring (bicyclic) bond motifs is 1. The standard InChI is InChI=1S/C16H10FN5O3S2/c1-8-7-12(18-15(23)11-5-6-13(26-11)22(24)25)21(20-8)16-19-14-9(17)3-2-4-10(14)27-16/h2-7H,1H3,(H,18,23). The van der Waals surface area contributed by atoms with E-state index in [-0.39, 0.29) is 15.4 Å². The van der Waals surface area contributed by atoms with Crippen LogP contribution in [0.2, 0.25) is 0 Å². The van der Waals surface area contributed by atoms with Gasteiger partial charge in [-0.25, -0.2) is 9.37 Å². The van der Waals surface area contributed by atoms with Crippen molar-refractivity contribution in [1.82, 2.24) is 14.8 Å². The summed E-state index contributed by atoms with van der Waals surface area (Å²) in [5.74, 6) is -0.593. The van der Waals surface area contributed by atoms with E-state index in [0.717, 1.165) is 11.3 Å². The predicted molar refractivity (Wildman–Crippen MR) is 100 cm³/mol. The number of nitrogens with zero attached hydrogens (tertiary/aromatic N) is 4. The van der Waals surface area contributed by atoms with E-state index in [9.17, 15) is 19.3 Å². The molecule has 0 atom stereocenters. The highest BCUT2D eigenvalue weighted by Gasteiger charge is 2.19. The van der Waals surface area contributed by atoms with Gasteiger partial charge in [0.25, 0.3) is 5.91 Å². The van der Waals surface area contributed by atoms with Gasteiger partial charge in [0, 0.05) is 12.1 Å². The lowest BCUT2D eigenvalue weighted by Gasteiger charge is -2.04. The molecule has 0 bridgehead atoms. The first-order valence-electron chi connectivity index (χ1n) is 7.60. The summed E-state index contributed by atoms with van der Waals surface area (Å²) in [7, 11) is 0. The van der Waals surface area contributed by atoms with E-state index >= 15 is 0 Å². The number of thiazole rings is 1. The fourth-order valence-electron chi connectivity index (χ4n) is 2.45. The molecule has 0 saturated carbocycles. The summed E-state index contributed by atoms with van der Waals surface area (Å²) in [5, 5.41) is 18.1. The van der Waals surface area contributed by atoms with Crippen LogP contribution in [0.3, 0.4) is 0 Å². The Bertz CT molecular complexity index is 1200. The average Bonchev–Trinajstić information content (AvgIpc) is 3.32. The second-order valence-electron chi connectivity index (χ2n) is 5.51. The lowest BCUT2D eigenvalue weighted by molar-refractivity contribution is -0.380. The predicted octanol–water partition coefficient (Wildman–Crippen LogP) is 4.15. The number of hydrogen-bond acceptors (Lipinski definition) is 7. The molecule has 0 aliphatic heterocycles. The maximum Gasteiger partial charge on any atom is 0.324 e. The van der Waals surface area contributed by atoms with Gasteiger partial charge in [0.15, 0.2) is 0 Å². The second kappa shape index (κ2) is 6.52. The van der Waals surface area contributed by atoms with Gasteiger partial charge in [-0.2, -0.15) is 9.78 Å². The summed E-state index contributed by atoms with van der Waals surface area (Å²) in [6.45, 7) is 1.75. The molecule has 4 aromatic rings. The topological polar surface area (TPSA) is 103 Å². The number of benzene rings is 1. The fourth-order valence-corrected chi connectivity index (χ4v) is 4.12. The number of para-hydroxylation sites is 1. The molecule has 8 nitrogen and oxygen atoms in total. The van der Waals surface area contributed by atoms with Gasteiger partial charge in [-0.05, 0) is 25.1 Å². The number of nitro groups is 1. The van der Waals surface area contributed by atoms with Gasteiger partial charge in [0.1, 0.15) is 17.2 Å². The van der Waals surface area contributed by atoms with Crippen molar-refractivity contribution >= 4 is 49.6 Å². The summed E-state index contributed by atoms with van der Waals surface area (Å²) in [5.41, 5.74) is 0.860. The highest BCUT2D eigenvalue weighted by Crippen LogP contribution is 2.29. The minimum Gasteiger partial charge on any atom is -0.306 e. The molecule has 1 N–H and O–H groups in total. The van der Waals surface area contributed by atoms with Crippen molar-refractivity contribution in [2.45, 2.75) is 6.92 Å². The molecule has 0 aliphatic rings. The molecule has 0 saturated heterocycles. The van der Waals surface area contributed by atoms with E-state index in [1.54, 1.807) is 25.1 Å². The molecule has 0 spiro atoms. The van der Waals surface area contributed by atoms with Gasteiger partial charge < -0.3 is 5.32 Å². The highest BCUT2D eigenvalue weighted by atomic mass is 32.1. The SMILES string of the molecule is Cc1cc(NC(=O)c2ccc([N+](=O)[O-])s2)n(-c2nc3c(F)cccc3s2)n1. The van der Waals surface area contributed by atoms with Crippen LogP contribution in [-0.2, 0) is 0 Å². The van der Waals surface area contributed by atoms with Crippen molar-refractivity contribution in [3.8, 4) is 5.13 Å². The van der Waals surface area contributed by atoms with Crippen LogP contribution in [0.15, 0.2) is 36.4 Å². The zero-order valence-electron chi connectivity index (χ0n) is 13.7. The van der Waals surface area contributed by atoms with Crippen LogP contribution in [0.1, 0.15) is 15.4 Å². The van der Waals surface area contributed by atoms with E-state index in [2.05, 4.69) is 15.4 Å². The maximum absolute atomic E-state index is 13.9. The average molecular weight is 403 g/mol. The first-order chi connectivity index (χ1) is 12.9. The number of carbonyl (C=O) groups excluding carboxylic acids is 1. The molecule has 1 amide bonds. The molecule has 1 aromatic carbocycles. The minimum absolute atomic E-state index is 0.119. The Balaban J connectivity index is 1.68. The quantitative estimate of drug-likeness (QED) is 0.407. The Morgan fingerprint density at radius 1 is 1.30 bits per heavy atom. The molecule has 0 unspecified atom stereocenters. The van der Waals surface area contributed by atoms with Crippen molar-refractivity contribution in [1.29, 1.82) is 0 Å². The number of aryl methyl sites for hydroxylation is 1. The van der Waals surface area contributed by atoms with Gasteiger partial charge in [0.2, 0.25) is 5.13 Å². The first-order valence-corrected chi connectivity index (χ1v) is 9.23. The molecule has 136 valence electrons. The zero-order valence-corrected chi connectivity index (χ0v) is 15.3. The number of aromatic nitrogens is 3. The molecule has 0 fully saturated rings. The number of nitrogens with one attached hydrogen (secondary N) is 1. The van der Waals surface area contributed by atoms with Crippen molar-refractivity contribution in [3.05, 3.63) is 62.9 Å². The normalized spacial score (nSPS) is 11.0. The molecule has 27 heavy (non-hydrogen) atoms. The summed E-state index contributed by atoms with van der Waals surface area (Å²) in [4.78, 5) is 27.1. The van der Waals surface area contributed by atoms with E-state index in [1.807, 2.05) is 0 Å². The molecule has 0 aliphatic carbocycles. The smallest absolute Gasteiger partial charge is 0.306 e. The number of hydrogen-bond donors (Lipinski definition) is 1. The Morgan fingerprint density at radius 3 is 2.81 bits per heavy atom. The van der Waals surface area contributed by atoms with Crippen LogP contribution in [-0.4, -0.2) is 25.6 Å². The molecular weight excluding hydrogens is 393 g/mol. The van der Waals surface area contributed by atoms with E-state index in [4.69, 9.17) is 0 Å². The Morgan fingerprint density at radius 2 is 2.11 bits per heavy atom. The lowest BCUT2D eigenvalue weighted by Crippen LogP contribution is -2.13. The largest absolute Gasteiger partial charge is 0.324 e. The van der Waals surface area contributed by atoms with Gasteiger partial charge in [0.05, 0.1) is 20.2 Å². The molecule has 0 radical (unpaired) electrons. The van der Waals surface area contributed by atoms with E-state index in [0.29, 0.717) is 21.3 Å². The third-order valence-electron chi connectivity index (χ3n) is 3.61. The Kier molecular flexibility index (Phi) is 4.16. The van der Waals surface area contributed by atoms with Crippen LogP contribution in [0.5, 0.6) is 0 Å². The van der Waals surface area contributed by atoms with Crippen molar-refractivity contribution in [2.75, 3.05) is 5.32 Å². The fraction of sp³-hybridized carbons (Fsp3) is 0.0625. The number of halogens is 1.